The molecule has 0 aliphatic carbocycles. The lowest BCUT2D eigenvalue weighted by Gasteiger charge is -2.27. The number of hydrogen-bond donors (Lipinski definition) is 7. The van der Waals surface area contributed by atoms with Gasteiger partial charge in [-0.25, -0.2) is 0 Å². The maximum atomic E-state index is 13.3. The predicted octanol–water partition coefficient (Wildman–Crippen LogP) is 0.125. The monoisotopic (exact) mass is 585 g/mol. The van der Waals surface area contributed by atoms with Gasteiger partial charge in [0, 0.05) is 12.5 Å². The number of nitrogens with one attached hydrogen (secondary N) is 4. The lowest BCUT2D eigenvalue weighted by Crippen LogP contribution is -2.59. The Morgan fingerprint density at radius 3 is 2.10 bits per heavy atom. The van der Waals surface area contributed by atoms with Gasteiger partial charge in [0.1, 0.15) is 23.7 Å². The molecule has 1 aromatic carbocycles. The summed E-state index contributed by atoms with van der Waals surface area (Å²) in [6.07, 6.45) is 1.28. The predicted molar refractivity (Wildman–Crippen MR) is 158 cm³/mol. The molecule has 0 saturated heterocycles. The minimum Gasteiger partial charge on any atom is -0.426 e. The third-order valence-electron chi connectivity index (χ3n) is 6.28. The summed E-state index contributed by atoms with van der Waals surface area (Å²) in [5.41, 5.74) is 0.759. The number of aliphatic hydroxyl groups is 1. The first-order valence-electron chi connectivity index (χ1n) is 14.2. The van der Waals surface area contributed by atoms with Crippen LogP contribution in [0.5, 0.6) is 0 Å². The molecular formula is C29H44BN5O7. The fourth-order valence-electron chi connectivity index (χ4n) is 3.91. The van der Waals surface area contributed by atoms with Crippen LogP contribution >= 0.6 is 0 Å². The van der Waals surface area contributed by atoms with Crippen LogP contribution in [0.3, 0.4) is 0 Å². The van der Waals surface area contributed by atoms with Crippen molar-refractivity contribution < 1.29 is 34.3 Å². The highest BCUT2D eigenvalue weighted by Gasteiger charge is 2.33. The molecule has 4 atom stereocenters. The first kappa shape index (κ1) is 36.3. The van der Waals surface area contributed by atoms with E-state index >= 15 is 0 Å². The maximum Gasteiger partial charge on any atom is 0.475 e. The standard InChI is InChI=1S/C29H44BN5O7/c1-18(2)15-22(17-31)27(38)32-14-10-9-13-23(33-29(40)25(20(5)36)35-26(37)19(3)4)28(39)34-24(30(41)42)16-21-11-7-6-8-12-21/h6-8,11-12,15,18-20,23-25,36,41-42H,9-10,13-14,16H2,1-5H3,(H,32,38)(H,33,40)(H,34,39)(H,35,37). The number of allylic oxidation sites excluding steroid dienone is 1. The number of nitriles is 1. The molecule has 0 spiro atoms. The Bertz CT molecular complexity index is 1100. The third kappa shape index (κ3) is 13.3. The molecule has 4 unspecified atom stereocenters. The highest BCUT2D eigenvalue weighted by molar-refractivity contribution is 6.43. The molecule has 13 heteroatoms. The summed E-state index contributed by atoms with van der Waals surface area (Å²) in [4.78, 5) is 50.8. The van der Waals surface area contributed by atoms with E-state index in [1.165, 1.54) is 6.92 Å². The zero-order valence-electron chi connectivity index (χ0n) is 25.0. The highest BCUT2D eigenvalue weighted by Crippen LogP contribution is 2.09. The number of aliphatic hydroxyl groups excluding tert-OH is 1. The fraction of sp³-hybridized carbons (Fsp3) is 0.552. The van der Waals surface area contributed by atoms with Gasteiger partial charge in [-0.3, -0.25) is 19.2 Å². The van der Waals surface area contributed by atoms with Crippen LogP contribution < -0.4 is 21.3 Å². The molecule has 0 aliphatic heterocycles. The first-order chi connectivity index (χ1) is 19.8. The van der Waals surface area contributed by atoms with Gasteiger partial charge in [0.25, 0.3) is 5.91 Å². The maximum absolute atomic E-state index is 13.3. The number of amides is 4. The van der Waals surface area contributed by atoms with Crippen molar-refractivity contribution in [3.8, 4) is 6.07 Å². The number of carbonyl (C=O) groups excluding carboxylic acids is 4. The van der Waals surface area contributed by atoms with Crippen molar-refractivity contribution in [3.05, 3.63) is 47.5 Å². The van der Waals surface area contributed by atoms with Gasteiger partial charge in [0.2, 0.25) is 17.7 Å². The number of nitrogens with zero attached hydrogens (tertiary/aromatic N) is 1. The number of unbranched alkanes of at least 4 members (excludes halogenated alkanes) is 1. The number of rotatable bonds is 17. The Kier molecular flexibility index (Phi) is 16.1. The Labute approximate surface area is 248 Å². The van der Waals surface area contributed by atoms with Gasteiger partial charge in [0.15, 0.2) is 0 Å². The smallest absolute Gasteiger partial charge is 0.426 e. The molecule has 1 rings (SSSR count). The van der Waals surface area contributed by atoms with Crippen LogP contribution in [0.15, 0.2) is 42.0 Å². The van der Waals surface area contributed by atoms with Crippen molar-refractivity contribution >= 4 is 30.7 Å². The van der Waals surface area contributed by atoms with E-state index < -0.39 is 60.8 Å². The second kappa shape index (κ2) is 18.7. The summed E-state index contributed by atoms with van der Waals surface area (Å²) in [7, 11) is -1.88. The van der Waals surface area contributed by atoms with Gasteiger partial charge in [-0.2, -0.15) is 5.26 Å². The number of carbonyl (C=O) groups is 4. The van der Waals surface area contributed by atoms with E-state index in [2.05, 4.69) is 21.3 Å². The van der Waals surface area contributed by atoms with Crippen LogP contribution in [0.25, 0.3) is 0 Å². The van der Waals surface area contributed by atoms with Crippen LogP contribution in [-0.2, 0) is 25.6 Å². The van der Waals surface area contributed by atoms with Crippen molar-refractivity contribution in [2.45, 2.75) is 84.4 Å². The van der Waals surface area contributed by atoms with Gasteiger partial charge < -0.3 is 36.4 Å². The highest BCUT2D eigenvalue weighted by atomic mass is 16.4. The van der Waals surface area contributed by atoms with Crippen LogP contribution in [0, 0.1) is 23.2 Å². The second-order valence-electron chi connectivity index (χ2n) is 10.8. The molecular weight excluding hydrogens is 541 g/mol. The van der Waals surface area contributed by atoms with Crippen molar-refractivity contribution in [2.24, 2.45) is 11.8 Å². The van der Waals surface area contributed by atoms with E-state index in [9.17, 15) is 39.6 Å². The molecule has 0 bridgehead atoms. The topological polar surface area (TPSA) is 201 Å². The second-order valence-corrected chi connectivity index (χ2v) is 10.8. The van der Waals surface area contributed by atoms with Crippen LogP contribution in [0.1, 0.15) is 59.4 Å². The molecule has 4 amide bonds. The number of benzene rings is 1. The Hall–Kier alpha value is -3.73. The average Bonchev–Trinajstić information content (AvgIpc) is 2.92. The fourth-order valence-corrected chi connectivity index (χ4v) is 3.91. The minimum absolute atomic E-state index is 0.00847. The molecule has 0 fully saturated rings. The molecule has 0 aromatic heterocycles. The van der Waals surface area contributed by atoms with E-state index in [-0.39, 0.29) is 30.9 Å². The van der Waals surface area contributed by atoms with Gasteiger partial charge in [-0.05, 0) is 44.1 Å². The molecule has 0 radical (unpaired) electrons. The lowest BCUT2D eigenvalue weighted by atomic mass is 9.75. The minimum atomic E-state index is -1.88. The zero-order valence-corrected chi connectivity index (χ0v) is 25.0. The van der Waals surface area contributed by atoms with E-state index in [1.807, 2.05) is 19.9 Å². The summed E-state index contributed by atoms with van der Waals surface area (Å²) in [6, 6.07) is 8.29. The lowest BCUT2D eigenvalue weighted by molar-refractivity contribution is -0.135. The number of hydrogen-bond acceptors (Lipinski definition) is 8. The van der Waals surface area contributed by atoms with Crippen molar-refractivity contribution in [1.82, 2.24) is 21.3 Å². The Balaban J connectivity index is 2.99. The van der Waals surface area contributed by atoms with E-state index in [1.54, 1.807) is 50.3 Å². The average molecular weight is 586 g/mol. The summed E-state index contributed by atoms with van der Waals surface area (Å²) in [6.45, 7) is 8.51. The van der Waals surface area contributed by atoms with Gasteiger partial charge in [0.05, 0.1) is 12.0 Å². The summed E-state index contributed by atoms with van der Waals surface area (Å²) < 4.78 is 0. The largest absolute Gasteiger partial charge is 0.475 e. The first-order valence-corrected chi connectivity index (χ1v) is 14.2. The summed E-state index contributed by atoms with van der Waals surface area (Å²) in [5, 5.41) is 49.5. The normalized spacial score (nSPS) is 14.3. The summed E-state index contributed by atoms with van der Waals surface area (Å²) in [5.74, 6) is -3.94. The van der Waals surface area contributed by atoms with Gasteiger partial charge in [-0.1, -0.05) is 64.1 Å². The van der Waals surface area contributed by atoms with Crippen LogP contribution in [-0.4, -0.2) is 76.6 Å². The Morgan fingerprint density at radius 1 is 0.929 bits per heavy atom. The third-order valence-corrected chi connectivity index (χ3v) is 6.28. The molecule has 0 saturated carbocycles. The van der Waals surface area contributed by atoms with E-state index in [0.717, 1.165) is 5.56 Å². The van der Waals surface area contributed by atoms with Crippen LogP contribution in [0.4, 0.5) is 0 Å². The van der Waals surface area contributed by atoms with Crippen LogP contribution in [0.2, 0.25) is 0 Å². The van der Waals surface area contributed by atoms with E-state index in [0.29, 0.717) is 12.8 Å². The summed E-state index contributed by atoms with van der Waals surface area (Å²) >= 11 is 0. The van der Waals surface area contributed by atoms with Crippen molar-refractivity contribution in [3.63, 3.8) is 0 Å². The molecule has 42 heavy (non-hydrogen) atoms. The molecule has 1 aromatic rings. The Morgan fingerprint density at radius 2 is 1.57 bits per heavy atom. The molecule has 7 N–H and O–H groups in total. The van der Waals surface area contributed by atoms with Crippen molar-refractivity contribution in [1.29, 1.82) is 5.26 Å². The van der Waals surface area contributed by atoms with E-state index in [4.69, 9.17) is 0 Å². The molecule has 0 heterocycles. The quantitative estimate of drug-likeness (QED) is 0.0578. The van der Waals surface area contributed by atoms with Crippen molar-refractivity contribution in [2.75, 3.05) is 6.54 Å². The van der Waals surface area contributed by atoms with Gasteiger partial charge >= 0.3 is 7.12 Å². The van der Waals surface area contributed by atoms with Gasteiger partial charge in [-0.15, -0.1) is 0 Å². The zero-order chi connectivity index (χ0) is 31.8. The molecule has 230 valence electrons. The molecule has 12 nitrogen and oxygen atoms in total. The molecule has 0 aliphatic rings. The SMILES string of the molecule is CC(C)C=C(C#N)C(=O)NCCCCC(NC(=O)C(NC(=O)C(C)C)C(C)O)C(=O)NC(Cc1ccccc1)B(O)O.